The third-order valence-electron chi connectivity index (χ3n) is 2.15. The number of amides is 2. The predicted octanol–water partition coefficient (Wildman–Crippen LogP) is 2.44. The van der Waals surface area contributed by atoms with Gasteiger partial charge < -0.3 is 15.4 Å². The minimum Gasteiger partial charge on any atom is -0.465 e. The van der Waals surface area contributed by atoms with Crippen molar-refractivity contribution in [3.8, 4) is 0 Å². The number of ether oxygens (including phenoxy) is 1. The van der Waals surface area contributed by atoms with Crippen molar-refractivity contribution in [3.05, 3.63) is 28.2 Å². The molecule has 0 heterocycles. The zero-order chi connectivity index (χ0) is 13.5. The van der Waals surface area contributed by atoms with Gasteiger partial charge in [0, 0.05) is 10.2 Å². The number of nitrogens with one attached hydrogen (secondary N) is 2. The van der Waals surface area contributed by atoms with Gasteiger partial charge in [-0.05, 0) is 31.5 Å². The number of urea groups is 1. The van der Waals surface area contributed by atoms with Crippen LogP contribution >= 0.6 is 15.9 Å². The summed E-state index contributed by atoms with van der Waals surface area (Å²) >= 11 is 3.32. The van der Waals surface area contributed by atoms with Gasteiger partial charge in [0.25, 0.3) is 0 Å². The highest BCUT2D eigenvalue weighted by Gasteiger charge is 2.07. The van der Waals surface area contributed by atoms with Gasteiger partial charge >= 0.3 is 12.0 Å². The maximum Gasteiger partial charge on any atom is 0.325 e. The van der Waals surface area contributed by atoms with Crippen LogP contribution in [0.1, 0.15) is 12.5 Å². The Kier molecular flexibility index (Phi) is 5.64. The van der Waals surface area contributed by atoms with Crippen molar-refractivity contribution in [1.29, 1.82) is 0 Å². The van der Waals surface area contributed by atoms with Gasteiger partial charge in [-0.3, -0.25) is 4.79 Å². The van der Waals surface area contributed by atoms with Crippen LogP contribution in [-0.2, 0) is 9.53 Å². The van der Waals surface area contributed by atoms with Crippen LogP contribution in [0.3, 0.4) is 0 Å². The Bertz CT molecular complexity index is 449. The summed E-state index contributed by atoms with van der Waals surface area (Å²) in [7, 11) is 0. The quantitative estimate of drug-likeness (QED) is 0.839. The van der Waals surface area contributed by atoms with E-state index in [4.69, 9.17) is 4.74 Å². The smallest absolute Gasteiger partial charge is 0.325 e. The highest BCUT2D eigenvalue weighted by Crippen LogP contribution is 2.20. The van der Waals surface area contributed by atoms with E-state index in [1.807, 2.05) is 19.1 Å². The SMILES string of the molecule is CCOC(=O)CNC(=O)Nc1cc(Br)ccc1C. The molecule has 0 fully saturated rings. The molecular formula is C12H15BrN2O3. The Balaban J connectivity index is 2.49. The molecule has 6 heteroatoms. The summed E-state index contributed by atoms with van der Waals surface area (Å²) in [5.74, 6) is -0.460. The van der Waals surface area contributed by atoms with Crippen LogP contribution in [0.4, 0.5) is 10.5 Å². The summed E-state index contributed by atoms with van der Waals surface area (Å²) in [6.07, 6.45) is 0. The molecule has 0 aliphatic heterocycles. The van der Waals surface area contributed by atoms with Crippen molar-refractivity contribution in [1.82, 2.24) is 5.32 Å². The molecule has 0 aliphatic carbocycles. The number of anilines is 1. The van der Waals surface area contributed by atoms with Crippen LogP contribution in [-0.4, -0.2) is 25.2 Å². The molecule has 1 aromatic rings. The number of hydrogen-bond acceptors (Lipinski definition) is 3. The number of hydrogen-bond donors (Lipinski definition) is 2. The van der Waals surface area contributed by atoms with E-state index >= 15 is 0 Å². The molecule has 0 saturated heterocycles. The molecule has 0 saturated carbocycles. The first kappa shape index (κ1) is 14.5. The molecule has 0 radical (unpaired) electrons. The summed E-state index contributed by atoms with van der Waals surface area (Å²) in [6.45, 7) is 3.75. The number of carbonyl (C=O) groups is 2. The summed E-state index contributed by atoms with van der Waals surface area (Å²) in [5.41, 5.74) is 1.62. The molecule has 0 bridgehead atoms. The zero-order valence-corrected chi connectivity index (χ0v) is 11.8. The zero-order valence-electron chi connectivity index (χ0n) is 10.2. The van der Waals surface area contributed by atoms with Crippen LogP contribution in [0.2, 0.25) is 0 Å². The number of halogens is 1. The number of benzene rings is 1. The van der Waals surface area contributed by atoms with Crippen molar-refractivity contribution < 1.29 is 14.3 Å². The van der Waals surface area contributed by atoms with Crippen LogP contribution in [0, 0.1) is 6.92 Å². The van der Waals surface area contributed by atoms with Gasteiger partial charge in [0.2, 0.25) is 0 Å². The molecule has 1 rings (SSSR count). The molecular weight excluding hydrogens is 300 g/mol. The lowest BCUT2D eigenvalue weighted by Crippen LogP contribution is -2.34. The molecule has 0 spiro atoms. The lowest BCUT2D eigenvalue weighted by atomic mass is 10.2. The number of rotatable bonds is 4. The number of aryl methyl sites for hydroxylation is 1. The van der Waals surface area contributed by atoms with Gasteiger partial charge in [-0.15, -0.1) is 0 Å². The van der Waals surface area contributed by atoms with Gasteiger partial charge in [0.1, 0.15) is 6.54 Å². The molecule has 0 aromatic heterocycles. The molecule has 0 unspecified atom stereocenters. The van der Waals surface area contributed by atoms with E-state index in [1.165, 1.54) is 0 Å². The fraction of sp³-hybridized carbons (Fsp3) is 0.333. The topological polar surface area (TPSA) is 67.4 Å². The van der Waals surface area contributed by atoms with Crippen molar-refractivity contribution in [2.75, 3.05) is 18.5 Å². The normalized spacial score (nSPS) is 9.72. The third kappa shape index (κ3) is 4.75. The fourth-order valence-electron chi connectivity index (χ4n) is 1.26. The molecule has 2 amide bonds. The van der Waals surface area contributed by atoms with Crippen molar-refractivity contribution in [2.24, 2.45) is 0 Å². The van der Waals surface area contributed by atoms with Crippen LogP contribution in [0.25, 0.3) is 0 Å². The van der Waals surface area contributed by atoms with E-state index in [0.717, 1.165) is 10.0 Å². The lowest BCUT2D eigenvalue weighted by Gasteiger charge is -2.09. The molecule has 2 N–H and O–H groups in total. The molecule has 1 aromatic carbocycles. The van der Waals surface area contributed by atoms with E-state index in [-0.39, 0.29) is 6.54 Å². The van der Waals surface area contributed by atoms with E-state index in [9.17, 15) is 9.59 Å². The average Bonchev–Trinajstić information content (AvgIpc) is 2.32. The summed E-state index contributed by atoms with van der Waals surface area (Å²) < 4.78 is 5.57. The maximum absolute atomic E-state index is 11.5. The summed E-state index contributed by atoms with van der Waals surface area (Å²) in [4.78, 5) is 22.6. The Morgan fingerprint density at radius 1 is 1.39 bits per heavy atom. The third-order valence-corrected chi connectivity index (χ3v) is 2.64. The Morgan fingerprint density at radius 3 is 2.78 bits per heavy atom. The molecule has 0 aliphatic rings. The largest absolute Gasteiger partial charge is 0.465 e. The van der Waals surface area contributed by atoms with Gasteiger partial charge in [-0.25, -0.2) is 4.79 Å². The second-order valence-corrected chi connectivity index (χ2v) is 4.49. The van der Waals surface area contributed by atoms with E-state index < -0.39 is 12.0 Å². The standard InChI is InChI=1S/C12H15BrN2O3/c1-3-18-11(16)7-14-12(17)15-10-6-9(13)5-4-8(10)2/h4-6H,3,7H2,1-2H3,(H2,14,15,17). The summed E-state index contributed by atoms with van der Waals surface area (Å²) in [5, 5.41) is 5.08. The molecule has 98 valence electrons. The van der Waals surface area contributed by atoms with Crippen molar-refractivity contribution in [2.45, 2.75) is 13.8 Å². The minimum absolute atomic E-state index is 0.146. The number of esters is 1. The lowest BCUT2D eigenvalue weighted by molar-refractivity contribution is -0.141. The Labute approximate surface area is 114 Å². The molecule has 18 heavy (non-hydrogen) atoms. The van der Waals surface area contributed by atoms with Gasteiger partial charge in [-0.1, -0.05) is 22.0 Å². The predicted molar refractivity (Wildman–Crippen MR) is 72.5 cm³/mol. The minimum atomic E-state index is -0.460. The molecule has 0 atom stereocenters. The van der Waals surface area contributed by atoms with E-state index in [1.54, 1.807) is 13.0 Å². The van der Waals surface area contributed by atoms with Gasteiger partial charge in [0.05, 0.1) is 6.61 Å². The first-order valence-electron chi connectivity index (χ1n) is 5.49. The first-order chi connectivity index (χ1) is 8.52. The highest BCUT2D eigenvalue weighted by atomic mass is 79.9. The highest BCUT2D eigenvalue weighted by molar-refractivity contribution is 9.10. The van der Waals surface area contributed by atoms with Gasteiger partial charge in [-0.2, -0.15) is 0 Å². The molecule has 5 nitrogen and oxygen atoms in total. The Hall–Kier alpha value is -1.56. The second kappa shape index (κ2) is 7.00. The van der Waals surface area contributed by atoms with Crippen molar-refractivity contribution in [3.63, 3.8) is 0 Å². The van der Waals surface area contributed by atoms with Crippen LogP contribution in [0.5, 0.6) is 0 Å². The van der Waals surface area contributed by atoms with Gasteiger partial charge in [0.15, 0.2) is 0 Å². The van der Waals surface area contributed by atoms with Crippen LogP contribution in [0.15, 0.2) is 22.7 Å². The van der Waals surface area contributed by atoms with Crippen LogP contribution < -0.4 is 10.6 Å². The summed E-state index contributed by atoms with van der Waals surface area (Å²) in [6, 6.07) is 5.12. The van der Waals surface area contributed by atoms with E-state index in [2.05, 4.69) is 26.6 Å². The Morgan fingerprint density at radius 2 is 2.11 bits per heavy atom. The fourth-order valence-corrected chi connectivity index (χ4v) is 1.62. The first-order valence-corrected chi connectivity index (χ1v) is 6.29. The maximum atomic E-state index is 11.5. The monoisotopic (exact) mass is 314 g/mol. The second-order valence-electron chi connectivity index (χ2n) is 3.57. The average molecular weight is 315 g/mol. The number of carbonyl (C=O) groups excluding carboxylic acids is 2. The van der Waals surface area contributed by atoms with E-state index in [0.29, 0.717) is 12.3 Å². The van der Waals surface area contributed by atoms with Crippen molar-refractivity contribution >= 4 is 33.6 Å².